The van der Waals surface area contributed by atoms with Crippen LogP contribution in [0.25, 0.3) is 0 Å². The van der Waals surface area contributed by atoms with E-state index in [1.54, 1.807) is 0 Å². The second-order valence-corrected chi connectivity index (χ2v) is 4.55. The van der Waals surface area contributed by atoms with Crippen molar-refractivity contribution in [3.05, 3.63) is 28.5 Å². The number of aliphatic carboxylic acids is 1. The standard InChI is InChI=1S/C11H12BrFN2O3/c1-6(10(16)17)5-14-11(18)15-9-4-7(13)2-3-8(9)12/h2-4,6H,5H2,1H3,(H,16,17)(H2,14,15,18). The van der Waals surface area contributed by atoms with Crippen LogP contribution in [-0.2, 0) is 4.79 Å². The van der Waals surface area contributed by atoms with Crippen LogP contribution in [0.2, 0.25) is 0 Å². The third-order valence-corrected chi connectivity index (χ3v) is 2.86. The Morgan fingerprint density at radius 1 is 1.50 bits per heavy atom. The lowest BCUT2D eigenvalue weighted by molar-refractivity contribution is -0.140. The van der Waals surface area contributed by atoms with Crippen LogP contribution >= 0.6 is 15.9 Å². The van der Waals surface area contributed by atoms with Crippen LogP contribution in [0.4, 0.5) is 14.9 Å². The summed E-state index contributed by atoms with van der Waals surface area (Å²) >= 11 is 3.16. The van der Waals surface area contributed by atoms with Gasteiger partial charge in [0.25, 0.3) is 0 Å². The summed E-state index contributed by atoms with van der Waals surface area (Å²) in [5.41, 5.74) is 0.274. The number of nitrogens with one attached hydrogen (secondary N) is 2. The molecule has 0 aliphatic carbocycles. The Morgan fingerprint density at radius 3 is 2.78 bits per heavy atom. The second kappa shape index (κ2) is 6.34. The Kier molecular flexibility index (Phi) is 5.08. The molecule has 98 valence electrons. The van der Waals surface area contributed by atoms with E-state index in [1.165, 1.54) is 19.1 Å². The van der Waals surface area contributed by atoms with E-state index in [0.717, 1.165) is 6.07 Å². The van der Waals surface area contributed by atoms with Crippen molar-refractivity contribution in [2.24, 2.45) is 5.92 Å². The van der Waals surface area contributed by atoms with E-state index in [1.807, 2.05) is 0 Å². The molecule has 1 unspecified atom stereocenters. The fourth-order valence-electron chi connectivity index (χ4n) is 1.09. The Bertz CT molecular complexity index is 468. The van der Waals surface area contributed by atoms with Gasteiger partial charge in [-0.3, -0.25) is 4.79 Å². The first kappa shape index (κ1) is 14.4. The fraction of sp³-hybridized carbons (Fsp3) is 0.273. The molecule has 1 rings (SSSR count). The summed E-state index contributed by atoms with van der Waals surface area (Å²) in [6, 6.07) is 3.28. The molecule has 0 bridgehead atoms. The smallest absolute Gasteiger partial charge is 0.319 e. The molecule has 5 nitrogen and oxygen atoms in total. The van der Waals surface area contributed by atoms with Crippen LogP contribution in [0.3, 0.4) is 0 Å². The molecule has 0 aliphatic heterocycles. The highest BCUT2D eigenvalue weighted by Crippen LogP contribution is 2.22. The van der Waals surface area contributed by atoms with E-state index in [9.17, 15) is 14.0 Å². The van der Waals surface area contributed by atoms with E-state index in [-0.39, 0.29) is 12.2 Å². The topological polar surface area (TPSA) is 78.4 Å². The van der Waals surface area contributed by atoms with Gasteiger partial charge in [-0.2, -0.15) is 0 Å². The van der Waals surface area contributed by atoms with E-state index in [2.05, 4.69) is 26.6 Å². The Morgan fingerprint density at radius 2 is 2.17 bits per heavy atom. The largest absolute Gasteiger partial charge is 0.481 e. The number of halogens is 2. The number of carboxylic acid groups (broad SMARTS) is 1. The minimum Gasteiger partial charge on any atom is -0.481 e. The van der Waals surface area contributed by atoms with E-state index < -0.39 is 23.7 Å². The van der Waals surface area contributed by atoms with Crippen molar-refractivity contribution in [3.63, 3.8) is 0 Å². The highest BCUT2D eigenvalue weighted by molar-refractivity contribution is 9.10. The molecular weight excluding hydrogens is 307 g/mol. The van der Waals surface area contributed by atoms with Gasteiger partial charge in [-0.1, -0.05) is 6.92 Å². The van der Waals surface area contributed by atoms with Gasteiger partial charge in [0.2, 0.25) is 0 Å². The van der Waals surface area contributed by atoms with Gasteiger partial charge in [0, 0.05) is 11.0 Å². The summed E-state index contributed by atoms with van der Waals surface area (Å²) in [5.74, 6) is -2.17. The SMILES string of the molecule is CC(CNC(=O)Nc1cc(F)ccc1Br)C(=O)O. The number of benzene rings is 1. The number of urea groups is 1. The predicted octanol–water partition coefficient (Wildman–Crippen LogP) is 2.43. The summed E-state index contributed by atoms with van der Waals surface area (Å²) in [6.45, 7) is 1.47. The molecule has 1 aromatic rings. The zero-order chi connectivity index (χ0) is 13.7. The maximum Gasteiger partial charge on any atom is 0.319 e. The monoisotopic (exact) mass is 318 g/mol. The van der Waals surface area contributed by atoms with Crippen LogP contribution in [0, 0.1) is 11.7 Å². The zero-order valence-electron chi connectivity index (χ0n) is 9.54. The fourth-order valence-corrected chi connectivity index (χ4v) is 1.44. The average molecular weight is 319 g/mol. The number of anilines is 1. The summed E-state index contributed by atoms with van der Waals surface area (Å²) in [4.78, 5) is 22.0. The van der Waals surface area contributed by atoms with Gasteiger partial charge >= 0.3 is 12.0 Å². The maximum atomic E-state index is 12.9. The van der Waals surface area contributed by atoms with Gasteiger partial charge in [-0.15, -0.1) is 0 Å². The average Bonchev–Trinajstić information content (AvgIpc) is 2.30. The van der Waals surface area contributed by atoms with Crippen molar-refractivity contribution in [2.45, 2.75) is 6.92 Å². The van der Waals surface area contributed by atoms with Gasteiger partial charge in [-0.05, 0) is 34.1 Å². The molecule has 0 aromatic heterocycles. The summed E-state index contributed by atoms with van der Waals surface area (Å²) in [5, 5.41) is 13.4. The van der Waals surface area contributed by atoms with Crippen molar-refractivity contribution < 1.29 is 19.1 Å². The third kappa shape index (κ3) is 4.33. The van der Waals surface area contributed by atoms with Crippen LogP contribution in [0.1, 0.15) is 6.92 Å². The van der Waals surface area contributed by atoms with Crippen molar-refractivity contribution >= 4 is 33.6 Å². The molecule has 0 aliphatic rings. The number of carboxylic acids is 1. The summed E-state index contributed by atoms with van der Waals surface area (Å²) in [7, 11) is 0. The highest BCUT2D eigenvalue weighted by Gasteiger charge is 2.12. The summed E-state index contributed by atoms with van der Waals surface area (Å²) < 4.78 is 13.5. The van der Waals surface area contributed by atoms with Gasteiger partial charge in [0.15, 0.2) is 0 Å². The first-order valence-corrected chi connectivity index (χ1v) is 5.92. The molecule has 0 fully saturated rings. The molecule has 0 spiro atoms. The molecule has 1 atom stereocenters. The van der Waals surface area contributed by atoms with Crippen molar-refractivity contribution in [1.29, 1.82) is 0 Å². The maximum absolute atomic E-state index is 12.9. The van der Waals surface area contributed by atoms with Crippen molar-refractivity contribution in [2.75, 3.05) is 11.9 Å². The quantitative estimate of drug-likeness (QED) is 0.797. The van der Waals surface area contributed by atoms with Crippen LogP contribution in [0.5, 0.6) is 0 Å². The normalized spacial score (nSPS) is 11.7. The number of amides is 2. The number of rotatable bonds is 4. The lowest BCUT2D eigenvalue weighted by Gasteiger charge is -2.11. The third-order valence-electron chi connectivity index (χ3n) is 2.17. The first-order chi connectivity index (χ1) is 8.40. The number of hydrogen-bond donors (Lipinski definition) is 3. The second-order valence-electron chi connectivity index (χ2n) is 3.70. The zero-order valence-corrected chi connectivity index (χ0v) is 11.1. The van der Waals surface area contributed by atoms with Crippen LogP contribution < -0.4 is 10.6 Å². The molecule has 1 aromatic carbocycles. The number of carbonyl (C=O) groups is 2. The van der Waals surface area contributed by atoms with E-state index >= 15 is 0 Å². The molecule has 0 saturated heterocycles. The van der Waals surface area contributed by atoms with Gasteiger partial charge < -0.3 is 15.7 Å². The Hall–Kier alpha value is -1.63. The molecule has 0 saturated carbocycles. The molecule has 18 heavy (non-hydrogen) atoms. The van der Waals surface area contributed by atoms with E-state index in [4.69, 9.17) is 5.11 Å². The molecule has 3 N–H and O–H groups in total. The Labute approximate surface area is 112 Å². The number of carbonyl (C=O) groups excluding carboxylic acids is 1. The first-order valence-electron chi connectivity index (χ1n) is 5.13. The van der Waals surface area contributed by atoms with Gasteiger partial charge in [-0.25, -0.2) is 9.18 Å². The molecular formula is C11H12BrFN2O3. The van der Waals surface area contributed by atoms with E-state index in [0.29, 0.717) is 4.47 Å². The summed E-state index contributed by atoms with van der Waals surface area (Å²) in [6.07, 6.45) is 0. The molecule has 7 heteroatoms. The minimum atomic E-state index is -0.998. The molecule has 0 heterocycles. The minimum absolute atomic E-state index is 0.00585. The number of hydrogen-bond acceptors (Lipinski definition) is 2. The van der Waals surface area contributed by atoms with Crippen LogP contribution in [0.15, 0.2) is 22.7 Å². The van der Waals surface area contributed by atoms with Crippen LogP contribution in [-0.4, -0.2) is 23.7 Å². The highest BCUT2D eigenvalue weighted by atomic mass is 79.9. The van der Waals surface area contributed by atoms with Gasteiger partial charge in [0.05, 0.1) is 11.6 Å². The Balaban J connectivity index is 2.54. The molecule has 2 amide bonds. The lowest BCUT2D eigenvalue weighted by atomic mass is 10.2. The lowest BCUT2D eigenvalue weighted by Crippen LogP contribution is -2.34. The van der Waals surface area contributed by atoms with Crippen molar-refractivity contribution in [1.82, 2.24) is 5.32 Å². The van der Waals surface area contributed by atoms with Gasteiger partial charge in [0.1, 0.15) is 5.82 Å². The van der Waals surface area contributed by atoms with Crippen molar-refractivity contribution in [3.8, 4) is 0 Å². The molecule has 0 radical (unpaired) electrons. The predicted molar refractivity (Wildman–Crippen MR) is 67.9 cm³/mol.